The summed E-state index contributed by atoms with van der Waals surface area (Å²) in [6.45, 7) is 3.45. The summed E-state index contributed by atoms with van der Waals surface area (Å²) in [5.41, 5.74) is 0. The fourth-order valence-electron chi connectivity index (χ4n) is 0.0546. The minimum Gasteiger partial charge on any atom is -0.118 e. The van der Waals surface area contributed by atoms with Crippen LogP contribution in [0.4, 0.5) is 0 Å². The molecule has 0 aromatic heterocycles. The van der Waals surface area contributed by atoms with Gasteiger partial charge >= 0.3 is 0 Å². The topological polar surface area (TPSA) is 0 Å². The van der Waals surface area contributed by atoms with Gasteiger partial charge in [-0.2, -0.15) is 0 Å². The molecule has 0 aliphatic carbocycles. The molecule has 0 saturated carbocycles. The number of rotatable bonds is 2. The van der Waals surface area contributed by atoms with E-state index in [0.29, 0.717) is 6.42 Å². The van der Waals surface area contributed by atoms with Gasteiger partial charge in [-0.25, -0.2) is 0 Å². The lowest BCUT2D eigenvalue weighted by Gasteiger charge is -2.09. The molecule has 0 saturated heterocycles. The van der Waals surface area contributed by atoms with E-state index in [1.54, 1.807) is 0 Å². The highest BCUT2D eigenvalue weighted by molar-refractivity contribution is 6.53. The first-order valence-electron chi connectivity index (χ1n) is 1.74. The summed E-state index contributed by atoms with van der Waals surface area (Å²) in [4.78, 5) is 0. The Labute approximate surface area is 58.7 Å². The van der Waals surface area contributed by atoms with Crippen LogP contribution in [-0.4, -0.2) is 4.33 Å². The maximum atomic E-state index is 5.42. The fourth-order valence-corrected chi connectivity index (χ4v) is 0.164. The van der Waals surface area contributed by atoms with Gasteiger partial charge in [0, 0.05) is 0 Å². The molecule has 0 unspecified atom stereocenters. The Balaban J connectivity index is 3.36. The van der Waals surface area contributed by atoms with E-state index in [2.05, 4.69) is 6.92 Å². The summed E-state index contributed by atoms with van der Waals surface area (Å²) in [5.74, 6) is 1.18. The zero-order valence-electron chi connectivity index (χ0n) is 3.63. The average Bonchev–Trinajstić information content (AvgIpc) is 1.68. The second kappa shape index (κ2) is 3.01. The van der Waals surface area contributed by atoms with Crippen molar-refractivity contribution < 1.29 is 0 Å². The zero-order chi connectivity index (χ0) is 5.91. The van der Waals surface area contributed by atoms with Gasteiger partial charge in [0.25, 0.3) is 0 Å². The van der Waals surface area contributed by atoms with Crippen LogP contribution < -0.4 is 0 Å². The Hall–Kier alpha value is 0.870. The molecule has 2 radical (unpaired) electrons. The molecule has 0 aromatic carbocycles. The fraction of sp³-hybridized carbons (Fsp3) is 0.500. The number of alkyl halides is 2. The third kappa shape index (κ3) is 3.45. The monoisotopic (exact) mass is 158 g/mol. The Morgan fingerprint density at radius 2 is 2.00 bits per heavy atom. The summed E-state index contributed by atoms with van der Waals surface area (Å²) in [6, 6.07) is 0. The zero-order valence-corrected chi connectivity index (χ0v) is 5.89. The molecule has 0 N–H and O–H groups in total. The Bertz CT molecular complexity index is 44.9. The molecular formula is C4H5Cl3. The number of hydrogen-bond acceptors (Lipinski definition) is 0. The van der Waals surface area contributed by atoms with Crippen molar-refractivity contribution in [1.82, 2.24) is 0 Å². The second-order valence-electron chi connectivity index (χ2n) is 1.12. The summed E-state index contributed by atoms with van der Waals surface area (Å²) in [7, 11) is 0. The van der Waals surface area contributed by atoms with Gasteiger partial charge in [0.1, 0.15) is 4.33 Å². The van der Waals surface area contributed by atoms with Crippen LogP contribution in [0, 0.1) is 12.8 Å². The van der Waals surface area contributed by atoms with Gasteiger partial charge in [-0.05, 0) is 6.42 Å². The number of hydrogen-bond donors (Lipinski definition) is 0. The molecule has 0 rings (SSSR count). The van der Waals surface area contributed by atoms with E-state index in [1.807, 2.05) is 0 Å². The van der Waals surface area contributed by atoms with Crippen molar-refractivity contribution in [2.24, 2.45) is 0 Å². The van der Waals surface area contributed by atoms with Crippen LogP contribution in [0.15, 0.2) is 0 Å². The summed E-state index contributed by atoms with van der Waals surface area (Å²) in [6.07, 6.45) is 0.389. The quantitative estimate of drug-likeness (QED) is 0.544. The van der Waals surface area contributed by atoms with Gasteiger partial charge in [0.05, 0.1) is 5.88 Å². The van der Waals surface area contributed by atoms with Crippen LogP contribution in [-0.2, 0) is 0 Å². The molecule has 0 bridgehead atoms. The van der Waals surface area contributed by atoms with E-state index in [9.17, 15) is 0 Å². The lowest BCUT2D eigenvalue weighted by molar-refractivity contribution is 0.951. The van der Waals surface area contributed by atoms with Gasteiger partial charge < -0.3 is 0 Å². The second-order valence-corrected chi connectivity index (χ2v) is 2.88. The van der Waals surface area contributed by atoms with Crippen LogP contribution >= 0.6 is 34.8 Å². The van der Waals surface area contributed by atoms with Gasteiger partial charge in [-0.1, -0.05) is 30.1 Å². The average molecular weight is 159 g/mol. The summed E-state index contributed by atoms with van der Waals surface area (Å²) >= 11 is 16.0. The molecule has 0 aromatic rings. The molecule has 42 valence electrons. The van der Waals surface area contributed by atoms with E-state index in [1.165, 1.54) is 5.88 Å². The third-order valence-corrected chi connectivity index (χ3v) is 1.69. The van der Waals surface area contributed by atoms with Crippen LogP contribution in [0.25, 0.3) is 0 Å². The van der Waals surface area contributed by atoms with E-state index in [0.717, 1.165) is 0 Å². The van der Waals surface area contributed by atoms with Gasteiger partial charge in [-0.3, -0.25) is 0 Å². The first-order chi connectivity index (χ1) is 3.12. The highest BCUT2D eigenvalue weighted by Crippen LogP contribution is 2.28. The Kier molecular flexibility index (Phi) is 3.38. The van der Waals surface area contributed by atoms with Crippen molar-refractivity contribution in [3.63, 3.8) is 0 Å². The van der Waals surface area contributed by atoms with Crippen molar-refractivity contribution in [3.05, 3.63) is 12.8 Å². The first-order valence-corrected chi connectivity index (χ1v) is 2.93. The largest absolute Gasteiger partial charge is 0.136 e. The Morgan fingerprint density at radius 1 is 1.57 bits per heavy atom. The molecule has 7 heavy (non-hydrogen) atoms. The predicted octanol–water partition coefficient (Wildman–Crippen LogP) is 2.79. The lowest BCUT2D eigenvalue weighted by atomic mass is 10.4. The highest BCUT2D eigenvalue weighted by Gasteiger charge is 2.19. The maximum Gasteiger partial charge on any atom is 0.136 e. The third-order valence-electron chi connectivity index (χ3n) is 0.493. The smallest absolute Gasteiger partial charge is 0.118 e. The molecule has 0 aliphatic rings. The molecule has 0 amide bonds. The maximum absolute atomic E-state index is 5.42. The summed E-state index contributed by atoms with van der Waals surface area (Å²) < 4.78 is -0.943. The molecule has 0 atom stereocenters. The molecule has 0 nitrogen and oxygen atoms in total. The molecule has 0 heterocycles. The van der Waals surface area contributed by atoms with Crippen molar-refractivity contribution in [1.29, 1.82) is 0 Å². The van der Waals surface area contributed by atoms with Gasteiger partial charge in [0.2, 0.25) is 0 Å². The van der Waals surface area contributed by atoms with Crippen LogP contribution in [0.3, 0.4) is 0 Å². The van der Waals surface area contributed by atoms with Crippen molar-refractivity contribution in [2.45, 2.75) is 10.8 Å². The van der Waals surface area contributed by atoms with E-state index in [4.69, 9.17) is 34.8 Å². The van der Waals surface area contributed by atoms with Crippen molar-refractivity contribution in [2.75, 3.05) is 0 Å². The van der Waals surface area contributed by atoms with Gasteiger partial charge in [-0.15, -0.1) is 11.6 Å². The van der Waals surface area contributed by atoms with Crippen molar-refractivity contribution in [3.8, 4) is 0 Å². The SMILES string of the molecule is [CH2]CC(Cl)(Cl)[CH]Cl. The molecule has 0 fully saturated rings. The molecule has 0 aliphatic heterocycles. The minimum atomic E-state index is -0.943. The van der Waals surface area contributed by atoms with Gasteiger partial charge in [0.15, 0.2) is 0 Å². The predicted molar refractivity (Wildman–Crippen MR) is 34.6 cm³/mol. The normalized spacial score (nSPS) is 12.0. The Morgan fingerprint density at radius 3 is 2.00 bits per heavy atom. The number of halogens is 3. The lowest BCUT2D eigenvalue weighted by Crippen LogP contribution is -2.06. The highest BCUT2D eigenvalue weighted by atomic mass is 35.5. The van der Waals surface area contributed by atoms with E-state index >= 15 is 0 Å². The summed E-state index contributed by atoms with van der Waals surface area (Å²) in [5, 5.41) is 0. The van der Waals surface area contributed by atoms with Crippen LogP contribution in [0.1, 0.15) is 6.42 Å². The first kappa shape index (κ1) is 7.87. The van der Waals surface area contributed by atoms with Crippen LogP contribution in [0.5, 0.6) is 0 Å². The van der Waals surface area contributed by atoms with Crippen molar-refractivity contribution >= 4 is 34.8 Å². The standard InChI is InChI=1S/C4H5Cl3/c1-2-4(6,7)3-5/h3H,1-2H2. The minimum absolute atomic E-state index is 0.389. The van der Waals surface area contributed by atoms with Crippen LogP contribution in [0.2, 0.25) is 0 Å². The molecule has 0 spiro atoms. The van der Waals surface area contributed by atoms with E-state index < -0.39 is 4.33 Å². The molecular weight excluding hydrogens is 154 g/mol. The molecule has 3 heteroatoms. The van der Waals surface area contributed by atoms with E-state index in [-0.39, 0.29) is 0 Å².